The Balaban J connectivity index is 1.73. The van der Waals surface area contributed by atoms with E-state index in [0.717, 1.165) is 21.6 Å². The topological polar surface area (TPSA) is 77.6 Å². The van der Waals surface area contributed by atoms with Gasteiger partial charge in [-0.25, -0.2) is 9.18 Å². The van der Waals surface area contributed by atoms with Crippen molar-refractivity contribution in [2.75, 3.05) is 19.4 Å². The summed E-state index contributed by atoms with van der Waals surface area (Å²) in [5, 5.41) is 0.443. The van der Waals surface area contributed by atoms with Gasteiger partial charge >= 0.3 is 5.97 Å². The molecule has 5 rings (SSSR count). The van der Waals surface area contributed by atoms with Gasteiger partial charge in [-0.05, 0) is 48.9 Å². The summed E-state index contributed by atoms with van der Waals surface area (Å²) in [6.45, 7) is 3.10. The van der Waals surface area contributed by atoms with Crippen LogP contribution in [0.3, 0.4) is 0 Å². The van der Waals surface area contributed by atoms with Crippen molar-refractivity contribution in [3.8, 4) is 10.4 Å². The third-order valence-corrected chi connectivity index (χ3v) is 8.01. The summed E-state index contributed by atoms with van der Waals surface area (Å²) in [4.78, 5) is 30.6. The molecule has 0 amide bonds. The number of anilines is 1. The molecule has 0 aliphatic heterocycles. The van der Waals surface area contributed by atoms with Crippen LogP contribution in [0.2, 0.25) is 0 Å². The molecule has 2 N–H and O–H groups in total. The largest absolute Gasteiger partial charge is 0.462 e. The number of esters is 1. The molecule has 6 nitrogen and oxygen atoms in total. The number of aromatic nitrogens is 1. The lowest BCUT2D eigenvalue weighted by molar-refractivity contribution is 0.0524. The van der Waals surface area contributed by atoms with Gasteiger partial charge < -0.3 is 15.0 Å². The van der Waals surface area contributed by atoms with Gasteiger partial charge in [0, 0.05) is 35.4 Å². The first kappa shape index (κ1) is 27.3. The highest BCUT2D eigenvalue weighted by molar-refractivity contribution is 7.22. The Kier molecular flexibility index (Phi) is 8.09. The molecule has 5 aromatic rings. The van der Waals surface area contributed by atoms with E-state index in [1.54, 1.807) is 29.7 Å². The van der Waals surface area contributed by atoms with Gasteiger partial charge in [-0.2, -0.15) is 0 Å². The molecule has 0 aliphatic rings. The third-order valence-electron chi connectivity index (χ3n) is 6.70. The fraction of sp³-hybridized carbons (Fsp3) is 0.188. The fourth-order valence-electron chi connectivity index (χ4n) is 4.82. The number of rotatable bonds is 9. The minimum absolute atomic E-state index is 0.0701. The Morgan fingerprint density at radius 2 is 1.70 bits per heavy atom. The maximum absolute atomic E-state index is 14.7. The predicted octanol–water partition coefficient (Wildman–Crippen LogP) is 6.31. The van der Waals surface area contributed by atoms with Crippen molar-refractivity contribution in [1.29, 1.82) is 0 Å². The summed E-state index contributed by atoms with van der Waals surface area (Å²) >= 11 is 1.45. The van der Waals surface area contributed by atoms with Crippen LogP contribution in [-0.2, 0) is 24.4 Å². The molecule has 2 heterocycles. The van der Waals surface area contributed by atoms with E-state index < -0.39 is 5.97 Å². The van der Waals surface area contributed by atoms with E-state index >= 15 is 0 Å². The lowest BCUT2D eigenvalue weighted by atomic mass is 10.0. The third kappa shape index (κ3) is 5.68. The molecule has 0 spiro atoms. The minimum Gasteiger partial charge on any atom is -0.462 e. The molecule has 3 aromatic carbocycles. The number of benzene rings is 3. The maximum atomic E-state index is 14.7. The van der Waals surface area contributed by atoms with Gasteiger partial charge in [0.05, 0.1) is 18.5 Å². The van der Waals surface area contributed by atoms with Gasteiger partial charge in [-0.3, -0.25) is 9.69 Å². The highest BCUT2D eigenvalue weighted by atomic mass is 32.1. The first-order valence-corrected chi connectivity index (χ1v) is 13.8. The zero-order valence-electron chi connectivity index (χ0n) is 22.4. The monoisotopic (exact) mass is 555 g/mol. The summed E-state index contributed by atoms with van der Waals surface area (Å²) in [5.74, 6) is -1.05. The molecule has 0 fully saturated rings. The highest BCUT2D eigenvalue weighted by Gasteiger charge is 2.25. The second-order valence-corrected chi connectivity index (χ2v) is 10.7. The van der Waals surface area contributed by atoms with Crippen LogP contribution in [0.15, 0.2) is 89.9 Å². The number of ether oxygens (including phenoxy) is 1. The zero-order chi connectivity index (χ0) is 28.2. The van der Waals surface area contributed by atoms with E-state index in [4.69, 9.17) is 10.5 Å². The van der Waals surface area contributed by atoms with Crippen molar-refractivity contribution >= 4 is 33.2 Å². The fourth-order valence-corrected chi connectivity index (χ4v) is 6.11. The lowest BCUT2D eigenvalue weighted by Crippen LogP contribution is -2.23. The van der Waals surface area contributed by atoms with Crippen LogP contribution in [0, 0.1) is 5.82 Å². The van der Waals surface area contributed by atoms with Crippen molar-refractivity contribution < 1.29 is 13.9 Å². The summed E-state index contributed by atoms with van der Waals surface area (Å²) in [6.07, 6.45) is 1.50. The Morgan fingerprint density at radius 3 is 2.40 bits per heavy atom. The Labute approximate surface area is 236 Å². The van der Waals surface area contributed by atoms with Crippen LogP contribution in [0.4, 0.5) is 10.1 Å². The van der Waals surface area contributed by atoms with Gasteiger partial charge in [0.2, 0.25) is 5.43 Å². The van der Waals surface area contributed by atoms with Crippen molar-refractivity contribution in [2.24, 2.45) is 0 Å². The number of hydrogen-bond acceptors (Lipinski definition) is 6. The van der Waals surface area contributed by atoms with Crippen molar-refractivity contribution in [2.45, 2.75) is 26.6 Å². The Hall–Kier alpha value is -4.27. The van der Waals surface area contributed by atoms with Gasteiger partial charge in [-0.15, -0.1) is 11.3 Å². The SMILES string of the molecule is CCOC(=O)c1cn(Cc2ccccc2F)c2sc(-c3ccc(N)cc3)c(CN(C)Cc3ccccc3)c2c1=O. The van der Waals surface area contributed by atoms with Crippen LogP contribution in [0.1, 0.15) is 34.0 Å². The zero-order valence-corrected chi connectivity index (χ0v) is 23.2. The average Bonchev–Trinajstić information content (AvgIpc) is 3.32. The van der Waals surface area contributed by atoms with Gasteiger partial charge in [0.15, 0.2) is 0 Å². The molecule has 40 heavy (non-hydrogen) atoms. The number of nitrogen functional groups attached to an aromatic ring is 1. The van der Waals surface area contributed by atoms with Gasteiger partial charge in [-0.1, -0.05) is 60.7 Å². The van der Waals surface area contributed by atoms with Gasteiger partial charge in [0.25, 0.3) is 0 Å². The minimum atomic E-state index is -0.694. The van der Waals surface area contributed by atoms with E-state index in [1.165, 1.54) is 23.6 Å². The van der Waals surface area contributed by atoms with Gasteiger partial charge in [0.1, 0.15) is 16.2 Å². The number of carbonyl (C=O) groups excluding carboxylic acids is 1. The molecular weight excluding hydrogens is 525 g/mol. The maximum Gasteiger partial charge on any atom is 0.343 e. The van der Waals surface area contributed by atoms with E-state index in [-0.39, 0.29) is 30.0 Å². The second-order valence-electron chi connectivity index (χ2n) is 9.68. The number of pyridine rings is 1. The molecule has 204 valence electrons. The van der Waals surface area contributed by atoms with E-state index in [9.17, 15) is 14.0 Å². The molecule has 0 aliphatic carbocycles. The summed E-state index contributed by atoms with van der Waals surface area (Å²) in [5.41, 5.74) is 9.45. The Morgan fingerprint density at radius 1 is 1.00 bits per heavy atom. The molecule has 0 saturated carbocycles. The first-order chi connectivity index (χ1) is 19.4. The number of fused-ring (bicyclic) bond motifs is 1. The molecule has 0 atom stereocenters. The standard InChI is InChI=1S/C32H30FN3O3S/c1-3-39-32(38)26-20-36(18-23-11-7-8-12-27(23)33)31-28(29(26)37)25(19-35(2)17-21-9-5-4-6-10-21)30(40-31)22-13-15-24(34)16-14-22/h4-16,20H,3,17-19,34H2,1-2H3. The van der Waals surface area contributed by atoms with Crippen LogP contribution < -0.4 is 11.2 Å². The molecule has 8 heteroatoms. The first-order valence-electron chi connectivity index (χ1n) is 13.0. The molecule has 0 unspecified atom stereocenters. The van der Waals surface area contributed by atoms with Crippen LogP contribution in [-0.4, -0.2) is 29.1 Å². The summed E-state index contributed by atoms with van der Waals surface area (Å²) in [7, 11) is 2.00. The van der Waals surface area contributed by atoms with E-state index in [0.29, 0.717) is 34.6 Å². The number of carbonyl (C=O) groups is 1. The van der Waals surface area contributed by atoms with E-state index in [2.05, 4.69) is 17.0 Å². The molecule has 2 aromatic heterocycles. The smallest absolute Gasteiger partial charge is 0.343 e. The summed E-state index contributed by atoms with van der Waals surface area (Å²) in [6, 6.07) is 24.1. The predicted molar refractivity (Wildman–Crippen MR) is 159 cm³/mol. The van der Waals surface area contributed by atoms with Crippen molar-refractivity contribution in [1.82, 2.24) is 9.47 Å². The number of nitrogens with zero attached hydrogens (tertiary/aromatic N) is 2. The molecule has 0 radical (unpaired) electrons. The highest BCUT2D eigenvalue weighted by Crippen LogP contribution is 2.39. The summed E-state index contributed by atoms with van der Waals surface area (Å²) < 4.78 is 21.7. The molecule has 0 saturated heterocycles. The number of halogens is 1. The van der Waals surface area contributed by atoms with E-state index in [1.807, 2.05) is 49.5 Å². The number of nitrogens with two attached hydrogens (primary N) is 1. The van der Waals surface area contributed by atoms with Crippen molar-refractivity contribution in [3.63, 3.8) is 0 Å². The molecule has 0 bridgehead atoms. The van der Waals surface area contributed by atoms with Crippen LogP contribution >= 0.6 is 11.3 Å². The van der Waals surface area contributed by atoms with Crippen LogP contribution in [0.25, 0.3) is 20.7 Å². The van der Waals surface area contributed by atoms with Crippen LogP contribution in [0.5, 0.6) is 0 Å². The normalized spacial score (nSPS) is 11.3. The quantitative estimate of drug-likeness (QED) is 0.170. The van der Waals surface area contributed by atoms with Crippen molar-refractivity contribution in [3.05, 3.63) is 123 Å². The second kappa shape index (κ2) is 11.9. The number of hydrogen-bond donors (Lipinski definition) is 1. The molecular formula is C32H30FN3O3S. The Bertz CT molecular complexity index is 1710. The average molecular weight is 556 g/mol. The lowest BCUT2D eigenvalue weighted by Gasteiger charge is -2.18. The number of thiophene rings is 1.